The molecule has 4 aromatic carbocycles. The Labute approximate surface area is 457 Å². The van der Waals surface area contributed by atoms with E-state index in [4.69, 9.17) is 74.8 Å². The molecule has 2 amide bonds. The van der Waals surface area contributed by atoms with Gasteiger partial charge in [0.2, 0.25) is 11.8 Å². The standard InChI is InChI=1S/C52H68Cl4N6O9S2/c1-61-33-45(43-29-39(53)31-49(55)47(43)35-61)37-3-7-41(8-4-37)72-59-15-19-68-23-27-70-25-21-66-17-13-57-51(63)11-12-52(64)58-14-18-67-22-26-71-28-24-69-20-16-60-73(65)42-9-5-38(6-10-42)46-34-62(2)36-48-44(46)30-40(54)32-50(48)56/h3-10,29-32,45-46,59-60H,11-28,33-36H2,1-2H3,(H,57,63)(H,58,64). The normalized spacial score (nSPS) is 16.2. The van der Waals surface area contributed by atoms with Gasteiger partial charge in [-0.05, 0) is 108 Å². The molecule has 0 spiro atoms. The molecule has 0 fully saturated rings. The van der Waals surface area contributed by atoms with Crippen LogP contribution in [-0.4, -0.2) is 158 Å². The Morgan fingerprint density at radius 3 is 1.41 bits per heavy atom. The molecular weight excluding hydrogens is 1060 g/mol. The number of ether oxygens (including phenoxy) is 6. The van der Waals surface area contributed by atoms with Gasteiger partial charge in [-0.2, -0.15) is 0 Å². The highest BCUT2D eigenvalue weighted by Gasteiger charge is 2.28. The van der Waals surface area contributed by atoms with E-state index in [0.29, 0.717) is 125 Å². The molecule has 400 valence electrons. The first-order chi connectivity index (χ1) is 35.4. The summed E-state index contributed by atoms with van der Waals surface area (Å²) in [5, 5.41) is 8.20. The average Bonchev–Trinajstić information content (AvgIpc) is 3.37. The van der Waals surface area contributed by atoms with Crippen molar-refractivity contribution in [3.63, 3.8) is 0 Å². The third-order valence-electron chi connectivity index (χ3n) is 12.0. The number of fused-ring (bicyclic) bond motifs is 2. The quantitative estimate of drug-likeness (QED) is 0.0275. The molecule has 21 heteroatoms. The van der Waals surface area contributed by atoms with Gasteiger partial charge < -0.3 is 48.9 Å². The van der Waals surface area contributed by atoms with Gasteiger partial charge >= 0.3 is 0 Å². The van der Waals surface area contributed by atoms with Crippen molar-refractivity contribution in [3.8, 4) is 0 Å². The summed E-state index contributed by atoms with van der Waals surface area (Å²) < 4.78 is 52.6. The van der Waals surface area contributed by atoms with Crippen LogP contribution in [0.15, 0.2) is 82.6 Å². The third-order valence-corrected chi connectivity index (χ3v) is 15.1. The SMILES string of the molecule is CN1Cc2c(Cl)cc(Cl)cc2C(c2ccc(SNCCOCCOCCOCCNC(=O)CCC(=O)NCCOCCOCCOCCNS(=O)c3ccc(C4CN(C)Cc5c(Cl)cc(Cl)cc54)cc3)cc2)C1. The molecule has 3 atom stereocenters. The molecule has 73 heavy (non-hydrogen) atoms. The van der Waals surface area contributed by atoms with E-state index in [9.17, 15) is 13.8 Å². The van der Waals surface area contributed by atoms with Crippen LogP contribution in [-0.2, 0) is 62.1 Å². The zero-order valence-corrected chi connectivity index (χ0v) is 46.2. The first-order valence-corrected chi connectivity index (χ1v) is 28.0. The van der Waals surface area contributed by atoms with Gasteiger partial charge in [0.05, 0.1) is 84.2 Å². The molecule has 4 N–H and O–H groups in total. The van der Waals surface area contributed by atoms with Crippen molar-refractivity contribution < 1.29 is 42.2 Å². The topological polar surface area (TPSA) is 161 Å². The largest absolute Gasteiger partial charge is 0.378 e. The monoisotopic (exact) mass is 1120 g/mol. The molecule has 0 saturated carbocycles. The molecule has 0 bridgehead atoms. The smallest absolute Gasteiger partial charge is 0.220 e. The Kier molecular flexibility index (Phi) is 26.5. The number of likely N-dealkylation sites (N-methyl/N-ethyl adjacent to an activating group) is 2. The van der Waals surface area contributed by atoms with Crippen LogP contribution >= 0.6 is 58.4 Å². The Morgan fingerprint density at radius 2 is 0.959 bits per heavy atom. The minimum atomic E-state index is -1.38. The lowest BCUT2D eigenvalue weighted by Gasteiger charge is -2.33. The van der Waals surface area contributed by atoms with Crippen molar-refractivity contribution in [1.29, 1.82) is 0 Å². The highest BCUT2D eigenvalue weighted by molar-refractivity contribution is 7.97. The predicted molar refractivity (Wildman–Crippen MR) is 291 cm³/mol. The molecule has 0 aromatic heterocycles. The predicted octanol–water partition coefficient (Wildman–Crippen LogP) is 7.48. The molecule has 0 radical (unpaired) electrons. The minimum Gasteiger partial charge on any atom is -0.378 e. The summed E-state index contributed by atoms with van der Waals surface area (Å²) in [6.07, 6.45) is 0.161. The molecule has 6 rings (SSSR count). The molecule has 2 heterocycles. The van der Waals surface area contributed by atoms with Crippen LogP contribution in [0.4, 0.5) is 0 Å². The highest BCUT2D eigenvalue weighted by atomic mass is 35.5. The third kappa shape index (κ3) is 20.5. The Morgan fingerprint density at radius 1 is 0.562 bits per heavy atom. The molecule has 3 unspecified atom stereocenters. The van der Waals surface area contributed by atoms with E-state index in [-0.39, 0.29) is 36.5 Å². The summed E-state index contributed by atoms with van der Waals surface area (Å²) in [6.45, 7) is 9.98. The van der Waals surface area contributed by atoms with Gasteiger partial charge in [0.1, 0.15) is 11.0 Å². The summed E-state index contributed by atoms with van der Waals surface area (Å²) in [5.41, 5.74) is 6.92. The number of nitrogens with one attached hydrogen (secondary N) is 4. The van der Waals surface area contributed by atoms with Crippen molar-refractivity contribution in [2.24, 2.45) is 0 Å². The van der Waals surface area contributed by atoms with Gasteiger partial charge in [-0.15, -0.1) is 0 Å². The zero-order chi connectivity index (χ0) is 51.8. The maximum Gasteiger partial charge on any atom is 0.220 e. The van der Waals surface area contributed by atoms with E-state index >= 15 is 0 Å². The van der Waals surface area contributed by atoms with Gasteiger partial charge in [-0.25, -0.2) is 8.93 Å². The van der Waals surface area contributed by atoms with Crippen molar-refractivity contribution in [2.75, 3.05) is 133 Å². The van der Waals surface area contributed by atoms with Crippen LogP contribution in [0, 0.1) is 0 Å². The fourth-order valence-electron chi connectivity index (χ4n) is 8.40. The van der Waals surface area contributed by atoms with Gasteiger partial charge in [-0.1, -0.05) is 70.7 Å². The molecule has 0 aliphatic carbocycles. The highest BCUT2D eigenvalue weighted by Crippen LogP contribution is 2.40. The van der Waals surface area contributed by atoms with Gasteiger partial charge in [0.25, 0.3) is 0 Å². The lowest BCUT2D eigenvalue weighted by atomic mass is 9.85. The van der Waals surface area contributed by atoms with Crippen molar-refractivity contribution in [3.05, 3.63) is 126 Å². The number of amides is 2. The summed E-state index contributed by atoms with van der Waals surface area (Å²) in [6, 6.07) is 24.0. The number of carbonyl (C=O) groups excluding carboxylic acids is 2. The number of benzene rings is 4. The number of hydrogen-bond acceptors (Lipinski definition) is 13. The van der Waals surface area contributed by atoms with Crippen LogP contribution < -0.4 is 20.1 Å². The molecule has 2 aliphatic heterocycles. The van der Waals surface area contributed by atoms with E-state index in [2.05, 4.69) is 68.2 Å². The molecular formula is C52H68Cl4N6O9S2. The molecule has 15 nitrogen and oxygen atoms in total. The first-order valence-electron chi connectivity index (χ1n) is 24.5. The number of nitrogens with zero attached hydrogens (tertiary/aromatic N) is 2. The number of halogens is 4. The van der Waals surface area contributed by atoms with E-state index in [1.807, 2.05) is 42.5 Å². The minimum absolute atomic E-state index is 0.0795. The maximum absolute atomic E-state index is 12.8. The lowest BCUT2D eigenvalue weighted by molar-refractivity contribution is -0.126. The lowest BCUT2D eigenvalue weighted by Crippen LogP contribution is -2.31. The summed E-state index contributed by atoms with van der Waals surface area (Å²) in [4.78, 5) is 30.6. The molecule has 4 aromatic rings. The van der Waals surface area contributed by atoms with Gasteiger partial charge in [0, 0.05) is 102 Å². The number of rotatable bonds is 33. The summed E-state index contributed by atoms with van der Waals surface area (Å²) in [5.74, 6) is -0.117. The Hall–Kier alpha value is -2.92. The Bertz CT molecular complexity index is 2360. The second-order valence-corrected chi connectivity index (χ2v) is 21.5. The second kappa shape index (κ2) is 32.6. The molecule has 0 saturated heterocycles. The van der Waals surface area contributed by atoms with E-state index in [0.717, 1.165) is 58.4 Å². The van der Waals surface area contributed by atoms with Crippen LogP contribution in [0.5, 0.6) is 0 Å². The molecule has 2 aliphatic rings. The van der Waals surface area contributed by atoms with Crippen LogP contribution in [0.3, 0.4) is 0 Å². The number of carbonyl (C=O) groups is 2. The van der Waals surface area contributed by atoms with Crippen LogP contribution in [0.1, 0.15) is 58.1 Å². The Balaban J connectivity index is 0.658. The second-order valence-electron chi connectivity index (χ2n) is 17.6. The fraction of sp³-hybridized carbons (Fsp3) is 0.500. The summed E-state index contributed by atoms with van der Waals surface area (Å²) >= 11 is 27.3. The zero-order valence-electron chi connectivity index (χ0n) is 41.5. The van der Waals surface area contributed by atoms with Crippen LogP contribution in [0.25, 0.3) is 0 Å². The van der Waals surface area contributed by atoms with Gasteiger partial charge in [0.15, 0.2) is 0 Å². The van der Waals surface area contributed by atoms with Crippen LogP contribution in [0.2, 0.25) is 20.1 Å². The first kappa shape index (κ1) is 59.3. The van der Waals surface area contributed by atoms with Crippen molar-refractivity contribution in [2.45, 2.75) is 47.6 Å². The van der Waals surface area contributed by atoms with E-state index in [1.54, 1.807) is 18.0 Å². The van der Waals surface area contributed by atoms with Crippen molar-refractivity contribution >= 4 is 81.2 Å². The number of hydrogen-bond donors (Lipinski definition) is 4. The van der Waals surface area contributed by atoms with E-state index < -0.39 is 11.0 Å². The van der Waals surface area contributed by atoms with E-state index in [1.165, 1.54) is 11.1 Å². The average molecular weight is 1130 g/mol. The fourth-order valence-corrected chi connectivity index (χ4v) is 11.0. The van der Waals surface area contributed by atoms with Crippen molar-refractivity contribution in [1.82, 2.24) is 29.9 Å². The van der Waals surface area contributed by atoms with Gasteiger partial charge in [-0.3, -0.25) is 14.3 Å². The summed E-state index contributed by atoms with van der Waals surface area (Å²) in [7, 11) is 2.81. The maximum atomic E-state index is 12.8.